The van der Waals surface area contributed by atoms with Gasteiger partial charge < -0.3 is 5.73 Å². The number of anilines is 1. The van der Waals surface area contributed by atoms with E-state index in [9.17, 15) is 8.42 Å². The van der Waals surface area contributed by atoms with E-state index in [1.54, 1.807) is 12.1 Å². The smallest absolute Gasteiger partial charge is 0.177 e. The summed E-state index contributed by atoms with van der Waals surface area (Å²) in [6.07, 6.45) is 4.69. The van der Waals surface area contributed by atoms with E-state index in [1.807, 2.05) is 6.07 Å². The molecule has 0 amide bonds. The van der Waals surface area contributed by atoms with Gasteiger partial charge in [0, 0.05) is 16.0 Å². The van der Waals surface area contributed by atoms with E-state index in [2.05, 4.69) is 18.2 Å². The fourth-order valence-electron chi connectivity index (χ4n) is 2.67. The molecule has 2 N–H and O–H groups in total. The van der Waals surface area contributed by atoms with Gasteiger partial charge in [-0.1, -0.05) is 23.9 Å². The quantitative estimate of drug-likeness (QED) is 0.882. The molecule has 2 aromatic carbocycles. The Morgan fingerprint density at radius 1 is 1.10 bits per heavy atom. The fraction of sp³-hybridized carbons (Fsp3) is 0.250. The minimum atomic E-state index is -3.30. The van der Waals surface area contributed by atoms with Gasteiger partial charge in [-0.2, -0.15) is 0 Å². The molecular weight excluding hydrogens is 302 g/mol. The van der Waals surface area contributed by atoms with Crippen molar-refractivity contribution in [2.45, 2.75) is 33.9 Å². The highest BCUT2D eigenvalue weighted by Gasteiger charge is 2.16. The Hall–Kier alpha value is -1.46. The number of hydrogen-bond donors (Lipinski definition) is 1. The van der Waals surface area contributed by atoms with E-state index in [-0.39, 0.29) is 4.90 Å². The van der Waals surface area contributed by atoms with Crippen molar-refractivity contribution in [3.8, 4) is 0 Å². The number of rotatable bonds is 3. The Morgan fingerprint density at radius 2 is 1.86 bits per heavy atom. The van der Waals surface area contributed by atoms with Crippen LogP contribution in [0.1, 0.15) is 17.5 Å². The number of nitrogen functional groups attached to an aromatic ring is 1. The standard InChI is InChI=1S/C16H17NO2S2/c1-21(18,19)15-7-3-6-14(16(15)17)20-13-9-8-11-4-2-5-12(11)10-13/h3,6-10H,2,4-5,17H2,1H3. The Labute approximate surface area is 129 Å². The Kier molecular flexibility index (Phi) is 3.71. The summed E-state index contributed by atoms with van der Waals surface area (Å²) in [6, 6.07) is 11.6. The van der Waals surface area contributed by atoms with Crippen LogP contribution in [0.15, 0.2) is 51.1 Å². The molecule has 0 fully saturated rings. The SMILES string of the molecule is CS(=O)(=O)c1cccc(Sc2ccc3c(c2)CCC3)c1N. The summed E-state index contributed by atoms with van der Waals surface area (Å²) < 4.78 is 23.4. The molecule has 0 saturated heterocycles. The third kappa shape index (κ3) is 2.94. The number of nitrogens with two attached hydrogens (primary N) is 1. The van der Waals surface area contributed by atoms with Crippen LogP contribution in [0.25, 0.3) is 0 Å². The van der Waals surface area contributed by atoms with Crippen molar-refractivity contribution < 1.29 is 8.42 Å². The molecular formula is C16H17NO2S2. The van der Waals surface area contributed by atoms with Crippen molar-refractivity contribution in [2.24, 2.45) is 0 Å². The minimum Gasteiger partial charge on any atom is -0.397 e. The van der Waals surface area contributed by atoms with Crippen LogP contribution < -0.4 is 5.73 Å². The van der Waals surface area contributed by atoms with Gasteiger partial charge in [0.2, 0.25) is 0 Å². The lowest BCUT2D eigenvalue weighted by Gasteiger charge is -2.10. The van der Waals surface area contributed by atoms with Gasteiger partial charge in [0.1, 0.15) is 0 Å². The largest absolute Gasteiger partial charge is 0.397 e. The first-order chi connectivity index (χ1) is 9.95. The van der Waals surface area contributed by atoms with E-state index in [0.717, 1.165) is 22.6 Å². The lowest BCUT2D eigenvalue weighted by molar-refractivity contribution is 0.602. The van der Waals surface area contributed by atoms with Crippen LogP contribution >= 0.6 is 11.8 Å². The van der Waals surface area contributed by atoms with E-state index < -0.39 is 9.84 Å². The first-order valence-electron chi connectivity index (χ1n) is 6.83. The maximum absolute atomic E-state index is 11.7. The summed E-state index contributed by atoms with van der Waals surface area (Å²) >= 11 is 1.52. The van der Waals surface area contributed by atoms with Gasteiger partial charge in [-0.25, -0.2) is 8.42 Å². The second-order valence-electron chi connectivity index (χ2n) is 5.33. The molecule has 21 heavy (non-hydrogen) atoms. The highest BCUT2D eigenvalue weighted by Crippen LogP contribution is 2.37. The zero-order chi connectivity index (χ0) is 15.0. The highest BCUT2D eigenvalue weighted by atomic mass is 32.2. The predicted molar refractivity (Wildman–Crippen MR) is 86.6 cm³/mol. The van der Waals surface area contributed by atoms with Crippen LogP contribution in [0.5, 0.6) is 0 Å². The molecule has 0 atom stereocenters. The second-order valence-corrected chi connectivity index (χ2v) is 8.43. The zero-order valence-corrected chi connectivity index (χ0v) is 13.4. The molecule has 0 aliphatic heterocycles. The van der Waals surface area contributed by atoms with Gasteiger partial charge in [0.15, 0.2) is 9.84 Å². The normalized spacial score (nSPS) is 14.1. The Balaban J connectivity index is 1.95. The van der Waals surface area contributed by atoms with Crippen LogP contribution in [-0.2, 0) is 22.7 Å². The van der Waals surface area contributed by atoms with Crippen LogP contribution in [0.2, 0.25) is 0 Å². The Morgan fingerprint density at radius 3 is 2.62 bits per heavy atom. The highest BCUT2D eigenvalue weighted by molar-refractivity contribution is 7.99. The predicted octanol–water partition coefficient (Wildman–Crippen LogP) is 3.31. The number of para-hydroxylation sites is 1. The number of fused-ring (bicyclic) bond motifs is 1. The van der Waals surface area contributed by atoms with Crippen molar-refractivity contribution in [1.82, 2.24) is 0 Å². The van der Waals surface area contributed by atoms with Crippen molar-refractivity contribution in [2.75, 3.05) is 12.0 Å². The van der Waals surface area contributed by atoms with E-state index in [4.69, 9.17) is 5.73 Å². The van der Waals surface area contributed by atoms with E-state index in [1.165, 1.54) is 35.6 Å². The zero-order valence-electron chi connectivity index (χ0n) is 11.8. The molecule has 0 bridgehead atoms. The Bertz CT molecular complexity index is 798. The molecule has 5 heteroatoms. The van der Waals surface area contributed by atoms with Gasteiger partial charge in [-0.05, 0) is 54.7 Å². The third-order valence-electron chi connectivity index (χ3n) is 3.72. The van der Waals surface area contributed by atoms with Crippen LogP contribution in [0.3, 0.4) is 0 Å². The summed E-state index contributed by atoms with van der Waals surface area (Å²) in [5.74, 6) is 0. The summed E-state index contributed by atoms with van der Waals surface area (Å²) in [7, 11) is -3.30. The molecule has 0 radical (unpaired) electrons. The molecule has 0 heterocycles. The van der Waals surface area contributed by atoms with Crippen LogP contribution in [-0.4, -0.2) is 14.7 Å². The molecule has 110 valence electrons. The molecule has 0 aromatic heterocycles. The minimum absolute atomic E-state index is 0.202. The molecule has 0 saturated carbocycles. The molecule has 3 rings (SSSR count). The first-order valence-corrected chi connectivity index (χ1v) is 9.54. The molecule has 2 aromatic rings. The van der Waals surface area contributed by atoms with Gasteiger partial charge in [-0.3, -0.25) is 0 Å². The average molecular weight is 319 g/mol. The summed E-state index contributed by atoms with van der Waals surface area (Å²) in [5, 5.41) is 0. The first kappa shape index (κ1) is 14.5. The average Bonchev–Trinajstić information content (AvgIpc) is 2.87. The number of aryl methyl sites for hydroxylation is 2. The molecule has 0 spiro atoms. The van der Waals surface area contributed by atoms with E-state index in [0.29, 0.717) is 5.69 Å². The number of benzene rings is 2. The van der Waals surface area contributed by atoms with Crippen molar-refractivity contribution in [3.63, 3.8) is 0 Å². The van der Waals surface area contributed by atoms with Crippen LogP contribution in [0.4, 0.5) is 5.69 Å². The lowest BCUT2D eigenvalue weighted by atomic mass is 10.1. The molecule has 1 aliphatic rings. The monoisotopic (exact) mass is 319 g/mol. The van der Waals surface area contributed by atoms with Gasteiger partial charge in [0.25, 0.3) is 0 Å². The number of sulfone groups is 1. The maximum atomic E-state index is 11.7. The van der Waals surface area contributed by atoms with Gasteiger partial charge in [-0.15, -0.1) is 0 Å². The topological polar surface area (TPSA) is 60.2 Å². The molecule has 1 aliphatic carbocycles. The maximum Gasteiger partial charge on any atom is 0.177 e. The van der Waals surface area contributed by atoms with E-state index >= 15 is 0 Å². The third-order valence-corrected chi connectivity index (χ3v) is 5.94. The molecule has 3 nitrogen and oxygen atoms in total. The molecule has 0 unspecified atom stereocenters. The summed E-state index contributed by atoms with van der Waals surface area (Å²) in [5.41, 5.74) is 9.20. The van der Waals surface area contributed by atoms with Crippen molar-refractivity contribution in [3.05, 3.63) is 47.5 Å². The summed E-state index contributed by atoms with van der Waals surface area (Å²) in [4.78, 5) is 2.09. The van der Waals surface area contributed by atoms with Gasteiger partial charge >= 0.3 is 0 Å². The van der Waals surface area contributed by atoms with Crippen molar-refractivity contribution in [1.29, 1.82) is 0 Å². The van der Waals surface area contributed by atoms with Crippen LogP contribution in [0, 0.1) is 0 Å². The second kappa shape index (κ2) is 5.39. The van der Waals surface area contributed by atoms with Gasteiger partial charge in [0.05, 0.1) is 10.6 Å². The lowest BCUT2D eigenvalue weighted by Crippen LogP contribution is -2.03. The fourth-order valence-corrected chi connectivity index (χ4v) is 4.53. The van der Waals surface area contributed by atoms with Crippen molar-refractivity contribution >= 4 is 27.3 Å². The summed E-state index contributed by atoms with van der Waals surface area (Å²) in [6.45, 7) is 0. The number of hydrogen-bond acceptors (Lipinski definition) is 4.